The van der Waals surface area contributed by atoms with Crippen molar-refractivity contribution in [1.29, 1.82) is 0 Å². The number of Topliss-reactive ketones (excluding diaryl/α,β-unsaturated/α-hetero) is 1. The molecule has 0 radical (unpaired) electrons. The third-order valence-electron chi connectivity index (χ3n) is 3.93. The van der Waals surface area contributed by atoms with Gasteiger partial charge in [-0.15, -0.1) is 11.8 Å². The summed E-state index contributed by atoms with van der Waals surface area (Å²) < 4.78 is 29.5. The molecule has 0 unspecified atom stereocenters. The number of thioether (sulfide) groups is 1. The second-order valence-electron chi connectivity index (χ2n) is 5.38. The maximum atomic E-state index is 13.5. The predicted molar refractivity (Wildman–Crippen MR) is 95.5 cm³/mol. The summed E-state index contributed by atoms with van der Waals surface area (Å²) in [6.07, 6.45) is 1.75. The molecule has 0 aliphatic carbocycles. The minimum atomic E-state index is -0.419. The third kappa shape index (κ3) is 3.35. The average Bonchev–Trinajstić information content (AvgIpc) is 2.63. The largest absolute Gasteiger partial charge is 0.496 e. The zero-order chi connectivity index (χ0) is 18.0. The fraction of sp³-hybridized carbons (Fsp3) is 0.211. The zero-order valence-corrected chi connectivity index (χ0v) is 14.9. The molecular weight excluding hydrogens is 343 g/mol. The van der Waals surface area contributed by atoms with Crippen LogP contribution in [-0.4, -0.2) is 32.9 Å². The van der Waals surface area contributed by atoms with Crippen LogP contribution in [0.2, 0.25) is 0 Å². The molecule has 0 bridgehead atoms. The number of ether oxygens (including phenoxy) is 3. The molecule has 6 heteroatoms. The van der Waals surface area contributed by atoms with Crippen molar-refractivity contribution in [3.8, 4) is 17.2 Å². The van der Waals surface area contributed by atoms with Gasteiger partial charge in [0.1, 0.15) is 11.6 Å². The number of carbonyl (C=O) groups excluding carboxylic acids is 1. The van der Waals surface area contributed by atoms with E-state index in [2.05, 4.69) is 0 Å². The second-order valence-corrected chi connectivity index (χ2v) is 6.39. The van der Waals surface area contributed by atoms with Crippen molar-refractivity contribution >= 4 is 23.6 Å². The van der Waals surface area contributed by atoms with Crippen molar-refractivity contribution < 1.29 is 23.4 Å². The maximum absolute atomic E-state index is 13.5. The third-order valence-corrected chi connectivity index (χ3v) is 5.05. The lowest BCUT2D eigenvalue weighted by Gasteiger charge is -2.18. The van der Waals surface area contributed by atoms with Crippen LogP contribution in [0.15, 0.2) is 40.8 Å². The van der Waals surface area contributed by atoms with Gasteiger partial charge in [0.05, 0.1) is 21.3 Å². The summed E-state index contributed by atoms with van der Waals surface area (Å²) in [5, 5.41) is 0. The number of fused-ring (bicyclic) bond motifs is 1. The SMILES string of the molecule is COc1cc(OC)c(OC)cc1/C=C1\CSc2ccc(F)cc2C1=O. The van der Waals surface area contributed by atoms with Crippen LogP contribution in [0.4, 0.5) is 4.39 Å². The van der Waals surface area contributed by atoms with E-state index in [1.807, 2.05) is 0 Å². The van der Waals surface area contributed by atoms with E-state index < -0.39 is 5.82 Å². The molecule has 0 atom stereocenters. The summed E-state index contributed by atoms with van der Waals surface area (Å²) in [7, 11) is 4.63. The van der Waals surface area contributed by atoms with Crippen LogP contribution in [0.3, 0.4) is 0 Å². The zero-order valence-electron chi connectivity index (χ0n) is 14.1. The molecule has 25 heavy (non-hydrogen) atoms. The van der Waals surface area contributed by atoms with Crippen LogP contribution in [0, 0.1) is 5.82 Å². The van der Waals surface area contributed by atoms with Crippen LogP contribution >= 0.6 is 11.8 Å². The summed E-state index contributed by atoms with van der Waals surface area (Å²) in [5.41, 5.74) is 1.67. The standard InChI is InChI=1S/C19H17FO4S/c1-22-15-9-17(24-3)16(23-2)7-11(15)6-12-10-25-18-5-4-13(20)8-14(18)19(12)21/h4-9H,10H2,1-3H3/b12-6+. The molecule has 130 valence electrons. The monoisotopic (exact) mass is 360 g/mol. The van der Waals surface area contributed by atoms with Crippen LogP contribution in [0.25, 0.3) is 6.08 Å². The fourth-order valence-corrected chi connectivity index (χ4v) is 3.66. The molecule has 0 saturated carbocycles. The van der Waals surface area contributed by atoms with Crippen molar-refractivity contribution in [2.24, 2.45) is 0 Å². The van der Waals surface area contributed by atoms with E-state index in [0.717, 1.165) is 4.90 Å². The van der Waals surface area contributed by atoms with Crippen LogP contribution < -0.4 is 14.2 Å². The number of ketones is 1. The summed E-state index contributed by atoms with van der Waals surface area (Å²) in [6.45, 7) is 0. The van der Waals surface area contributed by atoms with E-state index in [1.165, 1.54) is 23.9 Å². The first-order valence-corrected chi connectivity index (χ1v) is 8.53. The number of hydrogen-bond donors (Lipinski definition) is 0. The van der Waals surface area contributed by atoms with E-state index in [0.29, 0.717) is 39.7 Å². The normalized spacial score (nSPS) is 15.0. The van der Waals surface area contributed by atoms with Gasteiger partial charge < -0.3 is 14.2 Å². The molecule has 0 N–H and O–H groups in total. The van der Waals surface area contributed by atoms with Crippen molar-refractivity contribution in [3.05, 3.63) is 52.8 Å². The first-order valence-electron chi connectivity index (χ1n) is 7.55. The second kappa shape index (κ2) is 7.19. The molecule has 0 saturated heterocycles. The highest BCUT2D eigenvalue weighted by atomic mass is 32.2. The van der Waals surface area contributed by atoms with Gasteiger partial charge in [0.15, 0.2) is 17.3 Å². The number of rotatable bonds is 4. The molecular formula is C19H17FO4S. The van der Waals surface area contributed by atoms with Crippen molar-refractivity contribution in [3.63, 3.8) is 0 Å². The fourth-order valence-electron chi connectivity index (χ4n) is 2.66. The van der Waals surface area contributed by atoms with Gasteiger partial charge in [-0.2, -0.15) is 0 Å². The lowest BCUT2D eigenvalue weighted by atomic mass is 10.0. The van der Waals surface area contributed by atoms with E-state index in [4.69, 9.17) is 14.2 Å². The Bertz CT molecular complexity index is 861. The molecule has 0 aromatic heterocycles. The van der Waals surface area contributed by atoms with Crippen molar-refractivity contribution in [1.82, 2.24) is 0 Å². The summed E-state index contributed by atoms with van der Waals surface area (Å²) in [5.74, 6) is 1.56. The Morgan fingerprint density at radius 2 is 1.68 bits per heavy atom. The van der Waals surface area contributed by atoms with Crippen LogP contribution in [0.5, 0.6) is 17.2 Å². The molecule has 1 aliphatic rings. The van der Waals surface area contributed by atoms with Crippen molar-refractivity contribution in [2.75, 3.05) is 27.1 Å². The smallest absolute Gasteiger partial charge is 0.191 e. The molecule has 2 aromatic carbocycles. The highest BCUT2D eigenvalue weighted by Gasteiger charge is 2.23. The topological polar surface area (TPSA) is 44.8 Å². The quantitative estimate of drug-likeness (QED) is 0.764. The molecule has 0 spiro atoms. The van der Waals surface area contributed by atoms with Crippen LogP contribution in [0.1, 0.15) is 15.9 Å². The number of carbonyl (C=O) groups is 1. The Kier molecular flexibility index (Phi) is 4.99. The van der Waals surface area contributed by atoms with Crippen molar-refractivity contribution in [2.45, 2.75) is 4.90 Å². The Morgan fingerprint density at radius 3 is 2.36 bits per heavy atom. The highest BCUT2D eigenvalue weighted by Crippen LogP contribution is 2.38. The molecule has 0 amide bonds. The molecule has 0 fully saturated rings. The van der Waals surface area contributed by atoms with Gasteiger partial charge in [0.2, 0.25) is 0 Å². The number of halogens is 1. The lowest BCUT2D eigenvalue weighted by molar-refractivity contribution is 0.103. The van der Waals surface area contributed by atoms with E-state index in [-0.39, 0.29) is 5.78 Å². The Labute approximate surface area is 149 Å². The summed E-state index contributed by atoms with van der Waals surface area (Å²) >= 11 is 1.51. The molecule has 1 aliphatic heterocycles. The Morgan fingerprint density at radius 1 is 1.00 bits per heavy atom. The lowest BCUT2D eigenvalue weighted by Crippen LogP contribution is -2.12. The van der Waals surface area contributed by atoms with Gasteiger partial charge in [-0.3, -0.25) is 4.79 Å². The Hall–Kier alpha value is -2.47. The van der Waals surface area contributed by atoms with Crippen LogP contribution in [-0.2, 0) is 0 Å². The number of hydrogen-bond acceptors (Lipinski definition) is 5. The average molecular weight is 360 g/mol. The van der Waals surface area contributed by atoms with Gasteiger partial charge in [-0.1, -0.05) is 0 Å². The first kappa shape index (κ1) is 17.4. The summed E-state index contributed by atoms with van der Waals surface area (Å²) in [4.78, 5) is 13.5. The molecule has 3 rings (SSSR count). The van der Waals surface area contributed by atoms with Gasteiger partial charge >= 0.3 is 0 Å². The summed E-state index contributed by atoms with van der Waals surface area (Å²) in [6, 6.07) is 7.75. The molecule has 4 nitrogen and oxygen atoms in total. The van der Waals surface area contributed by atoms with Gasteiger partial charge in [-0.25, -0.2) is 4.39 Å². The van der Waals surface area contributed by atoms with E-state index in [1.54, 1.807) is 45.6 Å². The predicted octanol–water partition coefficient (Wildman–Crippen LogP) is 4.22. The molecule has 1 heterocycles. The van der Waals surface area contributed by atoms with E-state index in [9.17, 15) is 9.18 Å². The number of methoxy groups -OCH3 is 3. The maximum Gasteiger partial charge on any atom is 0.191 e. The minimum absolute atomic E-state index is 0.176. The van der Waals surface area contributed by atoms with Gasteiger partial charge in [0, 0.05) is 33.4 Å². The molecule has 2 aromatic rings. The number of benzene rings is 2. The highest BCUT2D eigenvalue weighted by molar-refractivity contribution is 7.99. The van der Waals surface area contributed by atoms with Gasteiger partial charge in [-0.05, 0) is 30.3 Å². The van der Waals surface area contributed by atoms with Gasteiger partial charge in [0.25, 0.3) is 0 Å². The first-order chi connectivity index (χ1) is 12.1. The Balaban J connectivity index is 2.05. The van der Waals surface area contributed by atoms with E-state index >= 15 is 0 Å². The minimum Gasteiger partial charge on any atom is -0.496 e.